The summed E-state index contributed by atoms with van der Waals surface area (Å²) in [6, 6.07) is 10.0. The summed E-state index contributed by atoms with van der Waals surface area (Å²) in [5.74, 6) is 1.20. The number of aryl methyl sites for hydroxylation is 2. The molecule has 0 aliphatic heterocycles. The highest BCUT2D eigenvalue weighted by atomic mass is 31.1. The Morgan fingerprint density at radius 2 is 1.72 bits per heavy atom. The van der Waals surface area contributed by atoms with Gasteiger partial charge in [0.1, 0.15) is 23.4 Å². The molecule has 0 fully saturated rings. The van der Waals surface area contributed by atoms with E-state index in [1.807, 2.05) is 33.8 Å². The summed E-state index contributed by atoms with van der Waals surface area (Å²) in [6.45, 7) is 15.7. The molecule has 32 heavy (non-hydrogen) atoms. The van der Waals surface area contributed by atoms with Crippen LogP contribution in [-0.2, 0) is 16.0 Å². The monoisotopic (exact) mass is 459 g/mol. The average molecular weight is 460 g/mol. The number of carbonyl (C=O) groups excluding carboxylic acids is 1. The van der Waals surface area contributed by atoms with Crippen molar-refractivity contribution in [1.82, 2.24) is 5.09 Å². The van der Waals surface area contributed by atoms with Gasteiger partial charge in [0.25, 0.3) is 0 Å². The predicted octanol–water partition coefficient (Wildman–Crippen LogP) is 5.97. The first-order valence-electron chi connectivity index (χ1n) is 11.2. The number of carbonyl (C=O) groups is 1. The topological polar surface area (TPSA) is 67.8 Å². The number of aromatic hydroxyl groups is 1. The number of phenolic OH excluding ortho intramolecular Hbond substituents is 1. The highest BCUT2D eigenvalue weighted by Crippen LogP contribution is 2.30. The largest absolute Gasteiger partial charge is 0.508 e. The molecule has 0 heterocycles. The van der Waals surface area contributed by atoms with E-state index in [1.54, 1.807) is 6.07 Å². The van der Waals surface area contributed by atoms with Crippen molar-refractivity contribution in [1.29, 1.82) is 0 Å². The van der Waals surface area contributed by atoms with Crippen LogP contribution in [0.4, 0.5) is 0 Å². The van der Waals surface area contributed by atoms with E-state index >= 15 is 0 Å². The summed E-state index contributed by atoms with van der Waals surface area (Å²) in [6.07, 6.45) is 1.16. The summed E-state index contributed by atoms with van der Waals surface area (Å²) in [7, 11) is 0.265. The zero-order valence-corrected chi connectivity index (χ0v) is 21.6. The molecule has 0 spiro atoms. The quantitative estimate of drug-likeness (QED) is 0.260. The van der Waals surface area contributed by atoms with Crippen LogP contribution in [-0.4, -0.2) is 29.1 Å². The fraction of sp³-hybridized carbons (Fsp3) is 0.500. The lowest BCUT2D eigenvalue weighted by atomic mass is 9.93. The van der Waals surface area contributed by atoms with Crippen LogP contribution >= 0.6 is 8.73 Å². The molecule has 176 valence electrons. The maximum atomic E-state index is 12.2. The van der Waals surface area contributed by atoms with Crippen LogP contribution in [0, 0.1) is 13.8 Å². The number of ether oxygens (including phenoxy) is 2. The average Bonchev–Trinajstić information content (AvgIpc) is 2.68. The number of esters is 1. The summed E-state index contributed by atoms with van der Waals surface area (Å²) in [5, 5.41) is 13.3. The minimum Gasteiger partial charge on any atom is -0.508 e. The van der Waals surface area contributed by atoms with Crippen LogP contribution in [0.1, 0.15) is 75.3 Å². The van der Waals surface area contributed by atoms with Gasteiger partial charge in [0.05, 0.1) is 6.10 Å². The van der Waals surface area contributed by atoms with E-state index in [-0.39, 0.29) is 26.7 Å². The van der Waals surface area contributed by atoms with Crippen molar-refractivity contribution < 1.29 is 19.4 Å². The second-order valence-electron chi connectivity index (χ2n) is 9.43. The third kappa shape index (κ3) is 7.21. The molecule has 6 heteroatoms. The molecule has 0 aliphatic carbocycles. The summed E-state index contributed by atoms with van der Waals surface area (Å²) in [5.41, 5.74) is 5.04. The Morgan fingerprint density at radius 3 is 2.28 bits per heavy atom. The van der Waals surface area contributed by atoms with Crippen molar-refractivity contribution in [2.75, 3.05) is 6.35 Å². The summed E-state index contributed by atoms with van der Waals surface area (Å²) < 4.78 is 11.3. The van der Waals surface area contributed by atoms with Gasteiger partial charge < -0.3 is 14.6 Å². The Morgan fingerprint density at radius 1 is 1.09 bits per heavy atom. The van der Waals surface area contributed by atoms with Gasteiger partial charge in [0.2, 0.25) is 0 Å². The van der Waals surface area contributed by atoms with Gasteiger partial charge in [-0.2, -0.15) is 0 Å². The van der Waals surface area contributed by atoms with Crippen molar-refractivity contribution >= 4 is 14.7 Å². The predicted molar refractivity (Wildman–Crippen MR) is 133 cm³/mol. The SMILES string of the molecule is Cc1cc(OCPNC(C)(C)C(=O)OC(C)C)cc(C)c1Cc1ccc(O)c(C(C)C)c1. The molecule has 2 rings (SSSR count). The van der Waals surface area contributed by atoms with E-state index in [9.17, 15) is 9.90 Å². The number of phenols is 1. The number of rotatable bonds is 10. The molecule has 0 saturated carbocycles. The van der Waals surface area contributed by atoms with Gasteiger partial charge in [-0.15, -0.1) is 0 Å². The second-order valence-corrected chi connectivity index (χ2v) is 10.3. The highest BCUT2D eigenvalue weighted by Gasteiger charge is 2.29. The van der Waals surface area contributed by atoms with Gasteiger partial charge in [-0.1, -0.05) is 26.0 Å². The Balaban J connectivity index is 2.00. The Bertz CT molecular complexity index is 914. The van der Waals surface area contributed by atoms with Crippen molar-refractivity contribution in [3.05, 3.63) is 58.1 Å². The molecule has 0 bridgehead atoms. The molecular formula is C26H38NO4P. The molecule has 5 nitrogen and oxygen atoms in total. The van der Waals surface area contributed by atoms with Crippen LogP contribution in [0.25, 0.3) is 0 Å². The minimum atomic E-state index is -0.749. The van der Waals surface area contributed by atoms with Gasteiger partial charge in [0, 0.05) is 0 Å². The maximum Gasteiger partial charge on any atom is 0.326 e. The molecule has 0 amide bonds. The van der Waals surface area contributed by atoms with E-state index in [1.165, 1.54) is 22.3 Å². The molecule has 0 aliphatic rings. The van der Waals surface area contributed by atoms with Crippen LogP contribution < -0.4 is 9.82 Å². The normalized spacial score (nSPS) is 12.2. The van der Waals surface area contributed by atoms with Gasteiger partial charge in [-0.3, -0.25) is 9.88 Å². The molecule has 0 aromatic heterocycles. The van der Waals surface area contributed by atoms with Gasteiger partial charge >= 0.3 is 5.97 Å². The summed E-state index contributed by atoms with van der Waals surface area (Å²) >= 11 is 0. The fourth-order valence-corrected chi connectivity index (χ4v) is 4.34. The maximum absolute atomic E-state index is 12.2. The van der Waals surface area contributed by atoms with Gasteiger partial charge in [-0.05, 0) is 109 Å². The number of nitrogens with one attached hydrogen (secondary N) is 1. The highest BCUT2D eigenvalue weighted by molar-refractivity contribution is 7.35. The first-order chi connectivity index (χ1) is 14.9. The summed E-state index contributed by atoms with van der Waals surface area (Å²) in [4.78, 5) is 12.2. The molecule has 1 atom stereocenters. The zero-order valence-electron chi connectivity index (χ0n) is 20.6. The Labute approximate surface area is 194 Å². The van der Waals surface area contributed by atoms with E-state index < -0.39 is 5.54 Å². The number of benzene rings is 2. The Hall–Kier alpha value is -2.10. The van der Waals surface area contributed by atoms with Gasteiger partial charge in [0.15, 0.2) is 0 Å². The standard InChI is InChI=1S/C26H38NO4P/c1-16(2)22-13-20(9-10-24(22)28)14-23-18(5)11-21(12-19(23)6)30-15-32-27-26(7,8)25(29)31-17(3)4/h9-13,16-17,27-28,32H,14-15H2,1-8H3. The number of hydrogen-bond acceptors (Lipinski definition) is 5. The van der Waals surface area contributed by atoms with E-state index in [2.05, 4.69) is 51.0 Å². The van der Waals surface area contributed by atoms with E-state index in [0.717, 1.165) is 17.7 Å². The van der Waals surface area contributed by atoms with Crippen molar-refractivity contribution in [2.24, 2.45) is 0 Å². The van der Waals surface area contributed by atoms with Crippen LogP contribution in [0.2, 0.25) is 0 Å². The zero-order chi connectivity index (χ0) is 24.1. The molecule has 1 unspecified atom stereocenters. The van der Waals surface area contributed by atoms with Crippen LogP contribution in [0.15, 0.2) is 30.3 Å². The molecule has 2 N–H and O–H groups in total. The Kier molecular flexibility index (Phi) is 9.12. The molecule has 2 aromatic carbocycles. The lowest BCUT2D eigenvalue weighted by molar-refractivity contribution is -0.153. The number of hydrogen-bond donors (Lipinski definition) is 2. The van der Waals surface area contributed by atoms with Crippen LogP contribution in [0.3, 0.4) is 0 Å². The van der Waals surface area contributed by atoms with E-state index in [0.29, 0.717) is 12.1 Å². The lowest BCUT2D eigenvalue weighted by Crippen LogP contribution is -2.44. The minimum absolute atomic E-state index is 0.133. The van der Waals surface area contributed by atoms with Crippen molar-refractivity contribution in [3.63, 3.8) is 0 Å². The van der Waals surface area contributed by atoms with Gasteiger partial charge in [-0.25, -0.2) is 0 Å². The lowest BCUT2D eigenvalue weighted by Gasteiger charge is -2.25. The van der Waals surface area contributed by atoms with Crippen molar-refractivity contribution in [3.8, 4) is 11.5 Å². The molecule has 0 radical (unpaired) electrons. The molecule has 2 aromatic rings. The third-order valence-electron chi connectivity index (χ3n) is 5.33. The van der Waals surface area contributed by atoms with E-state index in [4.69, 9.17) is 9.47 Å². The first kappa shape index (κ1) is 26.2. The molecule has 0 saturated heterocycles. The second kappa shape index (κ2) is 11.2. The smallest absolute Gasteiger partial charge is 0.326 e. The molecular weight excluding hydrogens is 421 g/mol. The fourth-order valence-electron chi connectivity index (χ4n) is 3.49. The third-order valence-corrected chi connectivity index (χ3v) is 6.42. The van der Waals surface area contributed by atoms with Crippen molar-refractivity contribution in [2.45, 2.75) is 79.4 Å². The van der Waals surface area contributed by atoms with Crippen LogP contribution in [0.5, 0.6) is 11.5 Å². The first-order valence-corrected chi connectivity index (χ1v) is 12.4.